The number of rotatable bonds is 2. The van der Waals surface area contributed by atoms with Gasteiger partial charge in [-0.2, -0.15) is 0 Å². The largest absolute Gasteiger partial charge is 0.387 e. The SMILES string of the molecule is NC1NCNC2C1CCN2C1O[C@H]([C@@H]2OCCCC3CC(Cl)CCC32)[C@@H](O)[C@H]1O. The van der Waals surface area contributed by atoms with Gasteiger partial charge in [0.15, 0.2) is 0 Å². The molecule has 11 atom stereocenters. The summed E-state index contributed by atoms with van der Waals surface area (Å²) in [5.41, 5.74) is 6.23. The van der Waals surface area contributed by atoms with Crippen molar-refractivity contribution in [3.63, 3.8) is 0 Å². The number of fused-ring (bicyclic) bond motifs is 2. The fraction of sp³-hybridized carbons (Fsp3) is 1.00. The van der Waals surface area contributed by atoms with E-state index in [2.05, 4.69) is 15.5 Å². The van der Waals surface area contributed by atoms with Gasteiger partial charge in [0, 0.05) is 31.1 Å². The summed E-state index contributed by atoms with van der Waals surface area (Å²) in [7, 11) is 0. The van der Waals surface area contributed by atoms with Crippen molar-refractivity contribution in [2.24, 2.45) is 23.5 Å². The summed E-state index contributed by atoms with van der Waals surface area (Å²) >= 11 is 6.44. The predicted octanol–water partition coefficient (Wildman–Crippen LogP) is -0.281. The third-order valence-electron chi connectivity index (χ3n) is 7.95. The Hall–Kier alpha value is -0.0300. The Labute approximate surface area is 177 Å². The van der Waals surface area contributed by atoms with Gasteiger partial charge in [-0.3, -0.25) is 15.5 Å². The molecule has 29 heavy (non-hydrogen) atoms. The van der Waals surface area contributed by atoms with Gasteiger partial charge in [0.05, 0.1) is 18.4 Å². The van der Waals surface area contributed by atoms with E-state index < -0.39 is 24.5 Å². The third-order valence-corrected chi connectivity index (χ3v) is 8.34. The quantitative estimate of drug-likeness (QED) is 0.380. The Balaban J connectivity index is 1.33. The number of hydrogen-bond donors (Lipinski definition) is 5. The summed E-state index contributed by atoms with van der Waals surface area (Å²) in [6, 6.07) is 0. The van der Waals surface area contributed by atoms with Gasteiger partial charge in [-0.25, -0.2) is 0 Å². The van der Waals surface area contributed by atoms with Gasteiger partial charge in [0.25, 0.3) is 0 Å². The summed E-state index contributed by atoms with van der Waals surface area (Å²) in [4.78, 5) is 2.14. The van der Waals surface area contributed by atoms with Gasteiger partial charge in [-0.15, -0.1) is 11.6 Å². The van der Waals surface area contributed by atoms with E-state index in [-0.39, 0.29) is 29.7 Å². The Morgan fingerprint density at radius 2 is 1.86 bits per heavy atom. The summed E-state index contributed by atoms with van der Waals surface area (Å²) in [6.45, 7) is 2.08. The van der Waals surface area contributed by atoms with Crippen LogP contribution in [0.5, 0.6) is 0 Å². The maximum atomic E-state index is 11.0. The molecule has 5 aliphatic rings. The summed E-state index contributed by atoms with van der Waals surface area (Å²) in [6.07, 6.45) is 2.86. The molecule has 1 aliphatic carbocycles. The molecule has 5 fully saturated rings. The highest BCUT2D eigenvalue weighted by Gasteiger charge is 2.55. The molecule has 4 heterocycles. The molecule has 8 nitrogen and oxygen atoms in total. The van der Waals surface area contributed by atoms with Crippen LogP contribution in [0.3, 0.4) is 0 Å². The standard InChI is InChI=1S/C20H35ClN4O4/c21-11-3-4-12-10(8-11)2-1-7-28-16(12)17-14(26)15(27)20(29-17)25-6-5-13-18(22)23-9-24-19(13)25/h10-20,23-24,26-27H,1-9,22H2/t10?,11?,12?,13?,14-,15+,16+,17-,18?,19?,20?/m0/s1. The lowest BCUT2D eigenvalue weighted by Gasteiger charge is -2.40. The molecule has 1 saturated carbocycles. The van der Waals surface area contributed by atoms with Crippen molar-refractivity contribution in [3.05, 3.63) is 0 Å². The lowest BCUT2D eigenvalue weighted by Crippen LogP contribution is -2.64. The molecular formula is C20H35ClN4O4. The molecule has 0 radical (unpaired) electrons. The first kappa shape index (κ1) is 20.8. The van der Waals surface area contributed by atoms with Gasteiger partial charge in [0.2, 0.25) is 0 Å². The van der Waals surface area contributed by atoms with Crippen LogP contribution in [0.4, 0.5) is 0 Å². The number of aliphatic hydroxyl groups is 2. The van der Waals surface area contributed by atoms with Gasteiger partial charge in [-0.05, 0) is 50.4 Å². The van der Waals surface area contributed by atoms with Gasteiger partial charge >= 0.3 is 0 Å². The molecule has 0 amide bonds. The highest BCUT2D eigenvalue weighted by Crippen LogP contribution is 2.44. The van der Waals surface area contributed by atoms with Crippen LogP contribution in [-0.4, -0.2) is 83.3 Å². The van der Waals surface area contributed by atoms with E-state index in [1.807, 2.05) is 0 Å². The number of nitrogens with one attached hydrogen (secondary N) is 2. The lowest BCUT2D eigenvalue weighted by atomic mass is 9.73. The van der Waals surface area contributed by atoms with Crippen LogP contribution in [-0.2, 0) is 9.47 Å². The summed E-state index contributed by atoms with van der Waals surface area (Å²) in [5.74, 6) is 1.09. The normalized spacial score (nSPS) is 54.0. The Morgan fingerprint density at radius 1 is 1.00 bits per heavy atom. The maximum absolute atomic E-state index is 11.0. The summed E-state index contributed by atoms with van der Waals surface area (Å²) in [5, 5.41) is 28.8. The second-order valence-electron chi connectivity index (χ2n) is 9.53. The molecule has 5 rings (SSSR count). The molecule has 0 aromatic heterocycles. The second-order valence-corrected chi connectivity index (χ2v) is 10.1. The molecule has 0 aromatic rings. The maximum Gasteiger partial charge on any atom is 0.141 e. The average Bonchev–Trinajstić information content (AvgIpc) is 3.18. The van der Waals surface area contributed by atoms with Gasteiger partial charge in [-0.1, -0.05) is 0 Å². The minimum absolute atomic E-state index is 0.0475. The molecule has 9 heteroatoms. The van der Waals surface area contributed by atoms with Crippen molar-refractivity contribution in [2.45, 2.75) is 86.9 Å². The molecule has 166 valence electrons. The molecule has 7 unspecified atom stereocenters. The number of ether oxygens (including phenoxy) is 2. The van der Waals surface area contributed by atoms with Crippen molar-refractivity contribution < 1.29 is 19.7 Å². The molecule has 0 bridgehead atoms. The topological polar surface area (TPSA) is 112 Å². The number of aliphatic hydroxyl groups excluding tert-OH is 2. The minimum Gasteiger partial charge on any atom is -0.387 e. The average molecular weight is 431 g/mol. The zero-order chi connectivity index (χ0) is 20.1. The molecule has 4 saturated heterocycles. The first-order chi connectivity index (χ1) is 14.0. The van der Waals surface area contributed by atoms with Crippen LogP contribution in [0, 0.1) is 17.8 Å². The van der Waals surface area contributed by atoms with E-state index in [0.717, 1.165) is 45.1 Å². The number of nitrogens with zero attached hydrogens (tertiary/aromatic N) is 1. The molecule has 0 spiro atoms. The smallest absolute Gasteiger partial charge is 0.141 e. The first-order valence-electron chi connectivity index (χ1n) is 11.3. The highest BCUT2D eigenvalue weighted by molar-refractivity contribution is 6.20. The lowest BCUT2D eigenvalue weighted by molar-refractivity contribution is -0.152. The number of alkyl halides is 1. The van der Waals surface area contributed by atoms with E-state index >= 15 is 0 Å². The van der Waals surface area contributed by atoms with E-state index in [4.69, 9.17) is 26.8 Å². The van der Waals surface area contributed by atoms with Crippen molar-refractivity contribution in [2.75, 3.05) is 19.8 Å². The van der Waals surface area contributed by atoms with Crippen LogP contribution in [0.15, 0.2) is 0 Å². The summed E-state index contributed by atoms with van der Waals surface area (Å²) < 4.78 is 12.6. The van der Waals surface area contributed by atoms with Crippen molar-refractivity contribution in [1.29, 1.82) is 0 Å². The number of likely N-dealkylation sites (tertiary alicyclic amines) is 1. The van der Waals surface area contributed by atoms with Crippen LogP contribution >= 0.6 is 11.6 Å². The number of hydrogen-bond acceptors (Lipinski definition) is 8. The van der Waals surface area contributed by atoms with Gasteiger partial charge in [0.1, 0.15) is 24.5 Å². The van der Waals surface area contributed by atoms with Crippen LogP contribution in [0.1, 0.15) is 38.5 Å². The Bertz CT molecular complexity index is 589. The monoisotopic (exact) mass is 430 g/mol. The van der Waals surface area contributed by atoms with Crippen molar-refractivity contribution in [1.82, 2.24) is 15.5 Å². The molecule has 0 aromatic carbocycles. The Morgan fingerprint density at radius 3 is 2.72 bits per heavy atom. The van der Waals surface area contributed by atoms with Crippen molar-refractivity contribution >= 4 is 11.6 Å². The minimum atomic E-state index is -0.957. The highest BCUT2D eigenvalue weighted by atomic mass is 35.5. The van der Waals surface area contributed by atoms with E-state index in [0.29, 0.717) is 25.1 Å². The number of halogens is 1. The van der Waals surface area contributed by atoms with Gasteiger partial charge < -0.3 is 25.4 Å². The van der Waals surface area contributed by atoms with Crippen LogP contribution in [0.2, 0.25) is 0 Å². The third kappa shape index (κ3) is 3.75. The zero-order valence-electron chi connectivity index (χ0n) is 16.8. The van der Waals surface area contributed by atoms with E-state index in [9.17, 15) is 10.2 Å². The zero-order valence-corrected chi connectivity index (χ0v) is 17.6. The number of nitrogens with two attached hydrogens (primary N) is 1. The second kappa shape index (κ2) is 8.48. The molecule has 6 N–H and O–H groups in total. The van der Waals surface area contributed by atoms with Crippen molar-refractivity contribution in [3.8, 4) is 0 Å². The fourth-order valence-corrected chi connectivity index (χ4v) is 6.81. The van der Waals surface area contributed by atoms with Crippen LogP contribution < -0.4 is 16.4 Å². The predicted molar refractivity (Wildman–Crippen MR) is 108 cm³/mol. The fourth-order valence-electron chi connectivity index (χ4n) is 6.46. The van der Waals surface area contributed by atoms with E-state index in [1.54, 1.807) is 0 Å². The molecular weight excluding hydrogens is 396 g/mol. The van der Waals surface area contributed by atoms with Crippen LogP contribution in [0.25, 0.3) is 0 Å². The Kier molecular flexibility index (Phi) is 6.10. The van der Waals surface area contributed by atoms with E-state index in [1.165, 1.54) is 0 Å². The molecule has 4 aliphatic heterocycles. The first-order valence-corrected chi connectivity index (χ1v) is 11.7.